The van der Waals surface area contributed by atoms with Gasteiger partial charge in [-0.2, -0.15) is 13.2 Å². The smallest absolute Gasteiger partial charge is 0.377 e. The first-order chi connectivity index (χ1) is 17.2. The molecule has 0 aliphatic heterocycles. The number of imidazole rings is 1. The first-order valence-corrected chi connectivity index (χ1v) is 11.2. The van der Waals surface area contributed by atoms with Gasteiger partial charge in [0.1, 0.15) is 22.3 Å². The normalized spacial score (nSPS) is 12.7. The lowest BCUT2D eigenvalue weighted by Gasteiger charge is -2.20. The van der Waals surface area contributed by atoms with E-state index >= 15 is 0 Å². The summed E-state index contributed by atoms with van der Waals surface area (Å²) in [6.45, 7) is 3.71. The Labute approximate surface area is 208 Å². The van der Waals surface area contributed by atoms with E-state index in [-0.39, 0.29) is 16.5 Å². The highest BCUT2D eigenvalue weighted by Crippen LogP contribution is 2.35. The highest BCUT2D eigenvalue weighted by molar-refractivity contribution is 6.29. The Morgan fingerprint density at radius 3 is 2.53 bits per heavy atom. The monoisotopic (exact) mass is 510 g/mol. The van der Waals surface area contributed by atoms with Gasteiger partial charge in [-0.25, -0.2) is 15.0 Å². The van der Waals surface area contributed by atoms with Crippen LogP contribution in [0.2, 0.25) is 5.15 Å². The average Bonchev–Trinajstić information content (AvgIpc) is 3.31. The highest BCUT2D eigenvalue weighted by atomic mass is 35.5. The first-order valence-electron chi connectivity index (χ1n) is 10.8. The van der Waals surface area contributed by atoms with Crippen LogP contribution in [0.3, 0.4) is 0 Å². The molecule has 0 spiro atoms. The van der Waals surface area contributed by atoms with Crippen molar-refractivity contribution in [2.45, 2.75) is 26.1 Å². The van der Waals surface area contributed by atoms with Gasteiger partial charge in [-0.05, 0) is 49.7 Å². The average molecular weight is 511 g/mol. The van der Waals surface area contributed by atoms with E-state index in [1.807, 2.05) is 19.9 Å². The fraction of sp³-hybridized carbons (Fsp3) is 0.160. The molecule has 11 heteroatoms. The largest absolute Gasteiger partial charge is 0.434 e. The van der Waals surface area contributed by atoms with Gasteiger partial charge >= 0.3 is 6.18 Å². The SMILES string of the molecule is Cc1cc(C(C)Nc2ccc(Cl)nc2C=O)c2nc(-c3ccncc3)n3cc(C(F)(F)F)nc3c2c1. The molecule has 1 N–H and O–H groups in total. The fourth-order valence-corrected chi connectivity index (χ4v) is 4.29. The van der Waals surface area contributed by atoms with E-state index in [0.29, 0.717) is 39.8 Å². The molecule has 36 heavy (non-hydrogen) atoms. The standard InChI is InChI=1S/C25H18ClF3N6O/c1-13-9-16(14(2)31-18-3-4-21(26)32-19(18)12-36)22-17(10-13)24-33-20(25(27,28)29)11-35(24)23(34-22)15-5-7-30-8-6-15/h3-12,14,31H,1-2H3. The molecule has 5 aromatic rings. The Kier molecular flexibility index (Phi) is 5.83. The molecular formula is C25H18ClF3N6O. The third-order valence-electron chi connectivity index (χ3n) is 5.75. The summed E-state index contributed by atoms with van der Waals surface area (Å²) in [5, 5.41) is 3.90. The lowest BCUT2D eigenvalue weighted by Crippen LogP contribution is -2.11. The maximum absolute atomic E-state index is 13.6. The van der Waals surface area contributed by atoms with Crippen LogP contribution in [0, 0.1) is 6.92 Å². The number of anilines is 1. The molecule has 4 aromatic heterocycles. The van der Waals surface area contributed by atoms with Crippen LogP contribution in [-0.2, 0) is 6.18 Å². The number of aldehydes is 1. The number of halogens is 4. The van der Waals surface area contributed by atoms with E-state index in [9.17, 15) is 18.0 Å². The Bertz CT molecular complexity index is 1620. The molecule has 0 radical (unpaired) electrons. The molecule has 1 unspecified atom stereocenters. The first kappa shape index (κ1) is 23.7. The predicted octanol–water partition coefficient (Wildman–Crippen LogP) is 6.31. The number of rotatable bonds is 5. The number of alkyl halides is 3. The Hall–Kier alpha value is -4.05. The zero-order valence-corrected chi connectivity index (χ0v) is 19.8. The van der Waals surface area contributed by atoms with Gasteiger partial charge in [-0.15, -0.1) is 0 Å². The van der Waals surface area contributed by atoms with Gasteiger partial charge in [0.2, 0.25) is 0 Å². The maximum Gasteiger partial charge on any atom is 0.434 e. The third kappa shape index (κ3) is 4.24. The third-order valence-corrected chi connectivity index (χ3v) is 5.96. The van der Waals surface area contributed by atoms with Crippen molar-refractivity contribution in [1.29, 1.82) is 0 Å². The molecule has 0 aliphatic rings. The van der Waals surface area contributed by atoms with Crippen molar-refractivity contribution in [1.82, 2.24) is 24.3 Å². The predicted molar refractivity (Wildman–Crippen MR) is 130 cm³/mol. The number of nitrogens with one attached hydrogen (secondary N) is 1. The van der Waals surface area contributed by atoms with Crippen molar-refractivity contribution >= 4 is 40.1 Å². The summed E-state index contributed by atoms with van der Waals surface area (Å²) in [4.78, 5) is 28.3. The zero-order chi connectivity index (χ0) is 25.6. The van der Waals surface area contributed by atoms with Gasteiger partial charge in [0.25, 0.3) is 0 Å². The number of pyridine rings is 2. The summed E-state index contributed by atoms with van der Waals surface area (Å²) in [5.74, 6) is 0.293. The molecule has 0 amide bonds. The van der Waals surface area contributed by atoms with Gasteiger partial charge in [0.15, 0.2) is 12.0 Å². The molecule has 5 rings (SSSR count). The van der Waals surface area contributed by atoms with E-state index in [0.717, 1.165) is 11.8 Å². The number of benzene rings is 1. The summed E-state index contributed by atoms with van der Waals surface area (Å²) in [5.41, 5.74) is 2.32. The number of hydrogen-bond acceptors (Lipinski definition) is 6. The molecule has 0 saturated carbocycles. The van der Waals surface area contributed by atoms with E-state index in [4.69, 9.17) is 16.6 Å². The molecule has 0 fully saturated rings. The minimum Gasteiger partial charge on any atom is -0.377 e. The van der Waals surface area contributed by atoms with Crippen LogP contribution < -0.4 is 5.32 Å². The van der Waals surface area contributed by atoms with Gasteiger partial charge in [-0.3, -0.25) is 14.2 Å². The molecule has 4 heterocycles. The summed E-state index contributed by atoms with van der Waals surface area (Å²) < 4.78 is 42.2. The van der Waals surface area contributed by atoms with Crippen molar-refractivity contribution in [3.63, 3.8) is 0 Å². The Balaban J connectivity index is 1.76. The summed E-state index contributed by atoms with van der Waals surface area (Å²) in [6.07, 6.45) is 0.0215. The molecular weight excluding hydrogens is 493 g/mol. The molecule has 0 bridgehead atoms. The lowest BCUT2D eigenvalue weighted by molar-refractivity contribution is -0.140. The summed E-state index contributed by atoms with van der Waals surface area (Å²) in [6, 6.07) is 9.82. The van der Waals surface area contributed by atoms with Crippen LogP contribution in [0.1, 0.15) is 40.3 Å². The summed E-state index contributed by atoms with van der Waals surface area (Å²) in [7, 11) is 0. The number of aryl methyl sites for hydroxylation is 1. The van der Waals surface area contributed by atoms with Crippen molar-refractivity contribution in [3.8, 4) is 11.4 Å². The van der Waals surface area contributed by atoms with Crippen LogP contribution in [0.15, 0.2) is 55.0 Å². The Morgan fingerprint density at radius 1 is 1.08 bits per heavy atom. The number of fused-ring (bicyclic) bond motifs is 3. The van der Waals surface area contributed by atoms with Crippen LogP contribution in [0.5, 0.6) is 0 Å². The highest BCUT2D eigenvalue weighted by Gasteiger charge is 2.35. The minimum absolute atomic E-state index is 0.137. The van der Waals surface area contributed by atoms with Gasteiger partial charge in [0.05, 0.1) is 17.2 Å². The number of nitrogens with zero attached hydrogens (tertiary/aromatic N) is 5. The molecule has 0 aliphatic carbocycles. The van der Waals surface area contributed by atoms with Gasteiger partial charge in [0, 0.05) is 35.1 Å². The van der Waals surface area contributed by atoms with Crippen LogP contribution in [0.25, 0.3) is 27.9 Å². The lowest BCUT2D eigenvalue weighted by atomic mass is 10.0. The summed E-state index contributed by atoms with van der Waals surface area (Å²) >= 11 is 5.91. The van der Waals surface area contributed by atoms with Crippen LogP contribution in [0.4, 0.5) is 18.9 Å². The number of carbonyl (C=O) groups excluding carboxylic acids is 1. The minimum atomic E-state index is -4.62. The van der Waals surface area contributed by atoms with E-state index in [2.05, 4.69) is 20.3 Å². The molecule has 0 saturated heterocycles. The van der Waals surface area contributed by atoms with Crippen molar-refractivity contribution < 1.29 is 18.0 Å². The quantitative estimate of drug-likeness (QED) is 0.220. The zero-order valence-electron chi connectivity index (χ0n) is 19.0. The number of carbonyl (C=O) groups is 1. The Morgan fingerprint density at radius 2 is 1.83 bits per heavy atom. The fourth-order valence-electron chi connectivity index (χ4n) is 4.14. The maximum atomic E-state index is 13.6. The number of aromatic nitrogens is 5. The van der Waals surface area contributed by atoms with E-state index in [1.165, 1.54) is 4.40 Å². The molecule has 1 atom stereocenters. The van der Waals surface area contributed by atoms with Crippen molar-refractivity contribution in [2.75, 3.05) is 5.32 Å². The van der Waals surface area contributed by atoms with Gasteiger partial charge in [-0.1, -0.05) is 17.7 Å². The van der Waals surface area contributed by atoms with Gasteiger partial charge < -0.3 is 5.32 Å². The second kappa shape index (κ2) is 8.87. The topological polar surface area (TPSA) is 85.1 Å². The van der Waals surface area contributed by atoms with Crippen LogP contribution >= 0.6 is 11.6 Å². The van der Waals surface area contributed by atoms with Crippen LogP contribution in [-0.4, -0.2) is 30.6 Å². The second-order valence-corrected chi connectivity index (χ2v) is 8.68. The molecule has 1 aromatic carbocycles. The molecule has 182 valence electrons. The molecule has 7 nitrogen and oxygen atoms in total. The second-order valence-electron chi connectivity index (χ2n) is 8.29. The number of hydrogen-bond donors (Lipinski definition) is 1. The van der Waals surface area contributed by atoms with Crippen molar-refractivity contribution in [2.24, 2.45) is 0 Å². The van der Waals surface area contributed by atoms with E-state index in [1.54, 1.807) is 42.7 Å². The van der Waals surface area contributed by atoms with E-state index < -0.39 is 17.9 Å². The van der Waals surface area contributed by atoms with Crippen molar-refractivity contribution in [3.05, 3.63) is 82.7 Å².